The van der Waals surface area contributed by atoms with Crippen LogP contribution in [0.15, 0.2) is 46.0 Å². The van der Waals surface area contributed by atoms with E-state index >= 15 is 0 Å². The van der Waals surface area contributed by atoms with Gasteiger partial charge in [0, 0.05) is 15.1 Å². The van der Waals surface area contributed by atoms with E-state index < -0.39 is 5.91 Å². The van der Waals surface area contributed by atoms with E-state index in [0.29, 0.717) is 20.1 Å². The second-order valence-corrected chi connectivity index (χ2v) is 5.79. The van der Waals surface area contributed by atoms with Gasteiger partial charge in [0.15, 0.2) is 0 Å². The molecule has 0 aliphatic heterocycles. The number of phenols is 1. The summed E-state index contributed by atoms with van der Waals surface area (Å²) >= 11 is 15.0. The maximum atomic E-state index is 11.9. The van der Waals surface area contributed by atoms with Crippen molar-refractivity contribution >= 4 is 51.3 Å². The Balaban J connectivity index is 2.10. The third-order valence-corrected chi connectivity index (χ3v) is 3.59. The van der Waals surface area contributed by atoms with Crippen molar-refractivity contribution < 1.29 is 9.90 Å². The highest BCUT2D eigenvalue weighted by Gasteiger charge is 2.10. The number of carbonyl (C=O) groups is 1. The predicted octanol–water partition coefficient (Wildman–Crippen LogP) is 4.23. The molecular formula is C14H9BrCl2N2O2. The third kappa shape index (κ3) is 4.20. The molecule has 21 heavy (non-hydrogen) atoms. The van der Waals surface area contributed by atoms with Crippen LogP contribution in [0.25, 0.3) is 0 Å². The topological polar surface area (TPSA) is 61.7 Å². The van der Waals surface area contributed by atoms with Gasteiger partial charge in [0.05, 0.1) is 16.8 Å². The Hall–Kier alpha value is -1.56. The zero-order valence-corrected chi connectivity index (χ0v) is 13.6. The fourth-order valence-electron chi connectivity index (χ4n) is 1.52. The molecule has 0 heterocycles. The summed E-state index contributed by atoms with van der Waals surface area (Å²) < 4.78 is 0.676. The van der Waals surface area contributed by atoms with Crippen LogP contribution in [-0.4, -0.2) is 17.2 Å². The first kappa shape index (κ1) is 15.8. The average Bonchev–Trinajstić information content (AvgIpc) is 2.43. The van der Waals surface area contributed by atoms with E-state index in [2.05, 4.69) is 26.5 Å². The van der Waals surface area contributed by atoms with Crippen molar-refractivity contribution in [3.05, 3.63) is 62.0 Å². The Kier molecular flexibility index (Phi) is 5.22. The van der Waals surface area contributed by atoms with Gasteiger partial charge in [0.2, 0.25) is 0 Å². The lowest BCUT2D eigenvalue weighted by Gasteiger charge is -2.03. The molecule has 0 aliphatic carbocycles. The summed E-state index contributed by atoms with van der Waals surface area (Å²) in [6.07, 6.45) is 1.39. The lowest BCUT2D eigenvalue weighted by Crippen LogP contribution is -2.17. The molecule has 0 atom stereocenters. The number of nitrogens with zero attached hydrogens (tertiary/aromatic N) is 1. The highest BCUT2D eigenvalue weighted by Crippen LogP contribution is 2.22. The summed E-state index contributed by atoms with van der Waals surface area (Å²) in [4.78, 5) is 11.9. The van der Waals surface area contributed by atoms with Crippen LogP contribution in [0.4, 0.5) is 0 Å². The van der Waals surface area contributed by atoms with Gasteiger partial charge >= 0.3 is 0 Å². The molecule has 0 bridgehead atoms. The average molecular weight is 388 g/mol. The molecule has 2 aromatic rings. The Morgan fingerprint density at radius 3 is 2.71 bits per heavy atom. The molecule has 0 radical (unpaired) electrons. The Bertz CT molecular complexity index is 720. The third-order valence-electron chi connectivity index (χ3n) is 2.54. The summed E-state index contributed by atoms with van der Waals surface area (Å²) in [6.45, 7) is 0. The Labute approximate surface area is 139 Å². The molecule has 2 rings (SSSR count). The monoisotopic (exact) mass is 386 g/mol. The summed E-state index contributed by atoms with van der Waals surface area (Å²) in [5, 5.41) is 14.4. The van der Waals surface area contributed by atoms with Gasteiger partial charge in [-0.25, -0.2) is 5.43 Å². The van der Waals surface area contributed by atoms with Crippen molar-refractivity contribution in [2.75, 3.05) is 0 Å². The summed E-state index contributed by atoms with van der Waals surface area (Å²) in [7, 11) is 0. The molecule has 0 aliphatic rings. The van der Waals surface area contributed by atoms with E-state index in [1.54, 1.807) is 24.3 Å². The first-order chi connectivity index (χ1) is 9.97. The Morgan fingerprint density at radius 1 is 1.24 bits per heavy atom. The Morgan fingerprint density at radius 2 is 2.00 bits per heavy atom. The van der Waals surface area contributed by atoms with E-state index in [1.165, 1.54) is 18.3 Å². The number of benzene rings is 2. The fourth-order valence-corrected chi connectivity index (χ4v) is 2.34. The maximum Gasteiger partial charge on any atom is 0.275 e. The standard InChI is InChI=1S/C14H9BrCl2N2O2/c15-9-2-4-13(20)11(5-9)14(21)19-18-7-8-1-3-10(16)6-12(8)17/h1-7,20H,(H,19,21)/b18-7-. The van der Waals surface area contributed by atoms with Crippen LogP contribution < -0.4 is 5.43 Å². The number of hydrazone groups is 1. The molecule has 108 valence electrons. The maximum absolute atomic E-state index is 11.9. The van der Waals surface area contributed by atoms with Crippen LogP contribution in [-0.2, 0) is 0 Å². The van der Waals surface area contributed by atoms with Gasteiger partial charge in [0.1, 0.15) is 5.75 Å². The van der Waals surface area contributed by atoms with Gasteiger partial charge in [0.25, 0.3) is 5.91 Å². The summed E-state index contributed by atoms with van der Waals surface area (Å²) in [5.41, 5.74) is 3.04. The van der Waals surface area contributed by atoms with Crippen LogP contribution in [0, 0.1) is 0 Å². The lowest BCUT2D eigenvalue weighted by molar-refractivity contribution is 0.0952. The van der Waals surface area contributed by atoms with Gasteiger partial charge in [-0.1, -0.05) is 45.2 Å². The lowest BCUT2D eigenvalue weighted by atomic mass is 10.2. The number of rotatable bonds is 3. The molecule has 4 nitrogen and oxygen atoms in total. The number of hydrogen-bond donors (Lipinski definition) is 2. The van der Waals surface area contributed by atoms with E-state index in [4.69, 9.17) is 23.2 Å². The second kappa shape index (κ2) is 6.93. The summed E-state index contributed by atoms with van der Waals surface area (Å²) in [5.74, 6) is -0.662. The number of amides is 1. The van der Waals surface area contributed by atoms with Crippen molar-refractivity contribution in [1.82, 2.24) is 5.43 Å². The van der Waals surface area contributed by atoms with E-state index in [1.807, 2.05) is 0 Å². The highest BCUT2D eigenvalue weighted by molar-refractivity contribution is 9.10. The minimum absolute atomic E-state index is 0.115. The van der Waals surface area contributed by atoms with Crippen LogP contribution in [0.1, 0.15) is 15.9 Å². The molecule has 7 heteroatoms. The van der Waals surface area contributed by atoms with Gasteiger partial charge in [-0.15, -0.1) is 0 Å². The minimum Gasteiger partial charge on any atom is -0.507 e. The van der Waals surface area contributed by atoms with E-state index in [-0.39, 0.29) is 11.3 Å². The van der Waals surface area contributed by atoms with Gasteiger partial charge < -0.3 is 5.11 Å². The van der Waals surface area contributed by atoms with Gasteiger partial charge in [-0.2, -0.15) is 5.10 Å². The zero-order chi connectivity index (χ0) is 15.4. The van der Waals surface area contributed by atoms with Crippen LogP contribution in [0.3, 0.4) is 0 Å². The SMILES string of the molecule is O=C(N/N=C\c1ccc(Cl)cc1Cl)c1cc(Br)ccc1O. The molecule has 1 amide bonds. The molecule has 0 unspecified atom stereocenters. The second-order valence-electron chi connectivity index (χ2n) is 4.03. The fraction of sp³-hybridized carbons (Fsp3) is 0. The minimum atomic E-state index is -0.532. The van der Waals surface area contributed by atoms with Crippen molar-refractivity contribution in [3.63, 3.8) is 0 Å². The van der Waals surface area contributed by atoms with E-state index in [9.17, 15) is 9.90 Å². The normalized spacial score (nSPS) is 10.8. The first-order valence-corrected chi connectivity index (χ1v) is 7.29. The van der Waals surface area contributed by atoms with Crippen LogP contribution in [0.5, 0.6) is 5.75 Å². The van der Waals surface area contributed by atoms with Crippen molar-refractivity contribution in [2.45, 2.75) is 0 Å². The molecule has 0 saturated heterocycles. The van der Waals surface area contributed by atoms with Crippen molar-refractivity contribution in [2.24, 2.45) is 5.10 Å². The summed E-state index contributed by atoms with van der Waals surface area (Å²) in [6, 6.07) is 9.46. The quantitative estimate of drug-likeness (QED) is 0.611. The number of carbonyl (C=O) groups excluding carboxylic acids is 1. The van der Waals surface area contributed by atoms with Gasteiger partial charge in [-0.05, 0) is 30.3 Å². The molecule has 0 fully saturated rings. The van der Waals surface area contributed by atoms with Crippen molar-refractivity contribution in [1.29, 1.82) is 0 Å². The molecule has 2 N–H and O–H groups in total. The van der Waals surface area contributed by atoms with Crippen LogP contribution >= 0.6 is 39.1 Å². The van der Waals surface area contributed by atoms with E-state index in [0.717, 1.165) is 0 Å². The number of nitrogens with one attached hydrogen (secondary N) is 1. The number of hydrogen-bond acceptors (Lipinski definition) is 3. The van der Waals surface area contributed by atoms with Gasteiger partial charge in [-0.3, -0.25) is 4.79 Å². The molecule has 0 spiro atoms. The van der Waals surface area contributed by atoms with Crippen LogP contribution in [0.2, 0.25) is 10.0 Å². The molecule has 2 aromatic carbocycles. The molecular weight excluding hydrogens is 379 g/mol. The van der Waals surface area contributed by atoms with Crippen molar-refractivity contribution in [3.8, 4) is 5.75 Å². The number of halogens is 3. The predicted molar refractivity (Wildman–Crippen MR) is 87.3 cm³/mol. The molecule has 0 saturated carbocycles. The number of phenolic OH excluding ortho intramolecular Hbond substituents is 1. The first-order valence-electron chi connectivity index (χ1n) is 5.74. The molecule has 0 aromatic heterocycles. The smallest absolute Gasteiger partial charge is 0.275 e. The number of aromatic hydroxyl groups is 1. The highest BCUT2D eigenvalue weighted by atomic mass is 79.9. The zero-order valence-electron chi connectivity index (χ0n) is 10.5. The largest absolute Gasteiger partial charge is 0.507 e.